The largest absolute Gasteiger partial charge is 0.493 e. The van der Waals surface area contributed by atoms with Crippen LogP contribution in [-0.2, 0) is 16.3 Å². The zero-order valence-corrected chi connectivity index (χ0v) is 18.5. The van der Waals surface area contributed by atoms with Gasteiger partial charge < -0.3 is 9.47 Å². The molecule has 0 aromatic heterocycles. The summed E-state index contributed by atoms with van der Waals surface area (Å²) in [5.41, 5.74) is -0.00848. The number of methoxy groups -OCH3 is 1. The molecule has 29 heavy (non-hydrogen) atoms. The van der Waals surface area contributed by atoms with Crippen LogP contribution >= 0.6 is 15.9 Å². The lowest BCUT2D eigenvalue weighted by Crippen LogP contribution is -2.17. The molecule has 0 fully saturated rings. The monoisotopic (exact) mass is 489 g/mol. The van der Waals surface area contributed by atoms with Gasteiger partial charge in [0.05, 0.1) is 30.0 Å². The molecule has 0 aliphatic carbocycles. The molecule has 0 heterocycles. The summed E-state index contributed by atoms with van der Waals surface area (Å²) in [5.74, 6) is -0.920. The van der Waals surface area contributed by atoms with E-state index in [9.17, 15) is 22.9 Å². The van der Waals surface area contributed by atoms with Crippen molar-refractivity contribution in [1.82, 2.24) is 0 Å². The fraction of sp³-hybridized carbons (Fsp3) is 0.368. The molecule has 0 spiro atoms. The fourth-order valence-corrected chi connectivity index (χ4v) is 4.51. The Morgan fingerprint density at radius 3 is 2.48 bits per heavy atom. The minimum atomic E-state index is -3.46. The van der Waals surface area contributed by atoms with Gasteiger partial charge in [0.2, 0.25) is 0 Å². The van der Waals surface area contributed by atoms with E-state index in [2.05, 4.69) is 15.9 Å². The van der Waals surface area contributed by atoms with E-state index in [1.807, 2.05) is 0 Å². The summed E-state index contributed by atoms with van der Waals surface area (Å²) in [6, 6.07) is 7.23. The molecular formula is C19H21BrFNO6S. The third kappa shape index (κ3) is 6.14. The first-order valence-electron chi connectivity index (χ1n) is 8.66. The van der Waals surface area contributed by atoms with Gasteiger partial charge in [0, 0.05) is 22.7 Å². The zero-order valence-electron chi connectivity index (χ0n) is 16.1. The maximum Gasteiger partial charge on any atom is 0.276 e. The van der Waals surface area contributed by atoms with Crippen LogP contribution in [0.2, 0.25) is 0 Å². The molecule has 2 aromatic rings. The third-order valence-electron chi connectivity index (χ3n) is 4.25. The highest BCUT2D eigenvalue weighted by Crippen LogP contribution is 2.36. The second-order valence-electron chi connectivity index (χ2n) is 6.48. The van der Waals surface area contributed by atoms with E-state index >= 15 is 0 Å². The molecule has 0 amide bonds. The van der Waals surface area contributed by atoms with E-state index in [1.54, 1.807) is 25.1 Å². The van der Waals surface area contributed by atoms with Gasteiger partial charge in [0.25, 0.3) is 5.69 Å². The molecule has 0 aliphatic heterocycles. The lowest BCUT2D eigenvalue weighted by Gasteiger charge is -2.19. The van der Waals surface area contributed by atoms with Gasteiger partial charge in [-0.15, -0.1) is 0 Å². The number of ether oxygens (including phenoxy) is 2. The summed E-state index contributed by atoms with van der Waals surface area (Å²) in [6.07, 6.45) is 0.902. The van der Waals surface area contributed by atoms with Gasteiger partial charge in [-0.3, -0.25) is 10.1 Å². The molecule has 0 N–H and O–H groups in total. The van der Waals surface area contributed by atoms with Gasteiger partial charge in [0.15, 0.2) is 11.5 Å². The van der Waals surface area contributed by atoms with Crippen molar-refractivity contribution in [2.75, 3.05) is 25.7 Å². The number of benzene rings is 2. The molecule has 2 aromatic carbocycles. The predicted octanol–water partition coefficient (Wildman–Crippen LogP) is 4.27. The lowest BCUT2D eigenvalue weighted by atomic mass is 9.92. The van der Waals surface area contributed by atoms with Crippen LogP contribution in [0.5, 0.6) is 11.5 Å². The normalized spacial score (nSPS) is 12.4. The summed E-state index contributed by atoms with van der Waals surface area (Å²) in [5, 5.41) is 11.4. The van der Waals surface area contributed by atoms with Crippen molar-refractivity contribution in [3.05, 3.63) is 61.9 Å². The van der Waals surface area contributed by atoms with Gasteiger partial charge in [-0.2, -0.15) is 0 Å². The molecule has 0 bridgehead atoms. The van der Waals surface area contributed by atoms with Crippen molar-refractivity contribution >= 4 is 31.5 Å². The third-order valence-corrected chi connectivity index (χ3v) is 5.71. The van der Waals surface area contributed by atoms with Gasteiger partial charge in [-0.05, 0) is 37.1 Å². The van der Waals surface area contributed by atoms with Crippen LogP contribution in [0.4, 0.5) is 10.1 Å². The molecule has 0 saturated heterocycles. The number of nitrogens with zero attached hydrogens (tertiary/aromatic N) is 1. The van der Waals surface area contributed by atoms with Crippen molar-refractivity contribution in [2.24, 2.45) is 0 Å². The van der Waals surface area contributed by atoms with Gasteiger partial charge in [-0.25, -0.2) is 12.8 Å². The van der Waals surface area contributed by atoms with Crippen molar-refractivity contribution < 1.29 is 27.2 Å². The Kier molecular flexibility index (Phi) is 7.59. The van der Waals surface area contributed by atoms with E-state index in [1.165, 1.54) is 13.2 Å². The first-order valence-corrected chi connectivity index (χ1v) is 11.5. The highest BCUT2D eigenvalue weighted by Gasteiger charge is 2.27. The Labute approximate surface area is 177 Å². The smallest absolute Gasteiger partial charge is 0.276 e. The molecule has 10 heteroatoms. The van der Waals surface area contributed by atoms with Crippen molar-refractivity contribution in [3.8, 4) is 11.5 Å². The Hall–Kier alpha value is -2.20. The molecule has 0 unspecified atom stereocenters. The number of hydrogen-bond donors (Lipinski definition) is 0. The van der Waals surface area contributed by atoms with Crippen LogP contribution in [0.15, 0.2) is 34.8 Å². The number of nitro groups is 1. The summed E-state index contributed by atoms with van der Waals surface area (Å²) in [4.78, 5) is 10.7. The minimum Gasteiger partial charge on any atom is -0.493 e. The molecule has 1 atom stereocenters. The highest BCUT2D eigenvalue weighted by atomic mass is 79.9. The number of hydrogen-bond acceptors (Lipinski definition) is 6. The van der Waals surface area contributed by atoms with E-state index in [-0.39, 0.29) is 22.2 Å². The summed E-state index contributed by atoms with van der Waals surface area (Å²) < 4.78 is 49.6. The summed E-state index contributed by atoms with van der Waals surface area (Å²) in [6.45, 7) is 2.16. The topological polar surface area (TPSA) is 95.7 Å². The quantitative estimate of drug-likeness (QED) is 0.385. The summed E-state index contributed by atoms with van der Waals surface area (Å²) in [7, 11) is -1.98. The highest BCUT2D eigenvalue weighted by molar-refractivity contribution is 9.10. The predicted molar refractivity (Wildman–Crippen MR) is 111 cm³/mol. The molecule has 0 aliphatic rings. The van der Waals surface area contributed by atoms with Crippen molar-refractivity contribution in [2.45, 2.75) is 19.3 Å². The average Bonchev–Trinajstić information content (AvgIpc) is 2.61. The second-order valence-corrected chi connectivity index (χ2v) is 9.58. The number of nitro benzene ring substituents is 1. The van der Waals surface area contributed by atoms with Crippen LogP contribution in [0, 0.1) is 15.9 Å². The van der Waals surface area contributed by atoms with E-state index in [0.717, 1.165) is 12.3 Å². The molecule has 0 radical (unpaired) electrons. The Morgan fingerprint density at radius 2 is 1.93 bits per heavy atom. The first kappa shape index (κ1) is 23.1. The molecular weight excluding hydrogens is 469 g/mol. The van der Waals surface area contributed by atoms with Crippen LogP contribution in [-0.4, -0.2) is 39.1 Å². The van der Waals surface area contributed by atoms with Crippen molar-refractivity contribution in [3.63, 3.8) is 0 Å². The zero-order chi connectivity index (χ0) is 21.8. The van der Waals surface area contributed by atoms with Crippen molar-refractivity contribution in [1.29, 1.82) is 0 Å². The summed E-state index contributed by atoms with van der Waals surface area (Å²) >= 11 is 3.05. The standard InChI is InChI=1S/C19H21BrFNO6S/c1-4-28-19-8-12(5-6-18(19)27-2)13(11-29(3,25)26)7-15-16(21)9-14(20)10-17(15)22(23)24/h5-6,8-10,13H,4,7,11H2,1-3H3/t13-/m1/s1. The lowest BCUT2D eigenvalue weighted by molar-refractivity contribution is -0.385. The van der Waals surface area contributed by atoms with Gasteiger partial charge >= 0.3 is 0 Å². The van der Waals surface area contributed by atoms with Crippen LogP contribution < -0.4 is 9.47 Å². The van der Waals surface area contributed by atoms with Gasteiger partial charge in [-0.1, -0.05) is 22.0 Å². The molecule has 2 rings (SSSR count). The van der Waals surface area contributed by atoms with Crippen LogP contribution in [0.3, 0.4) is 0 Å². The molecule has 0 saturated carbocycles. The SMILES string of the molecule is CCOc1cc([C@H](Cc2c(F)cc(Br)cc2[N+](=O)[O-])CS(C)(=O)=O)ccc1OC. The first-order chi connectivity index (χ1) is 13.6. The second kappa shape index (κ2) is 9.53. The Bertz CT molecular complexity index is 1010. The minimum absolute atomic E-state index is 0.152. The van der Waals surface area contributed by atoms with Gasteiger partial charge in [0.1, 0.15) is 15.7 Å². The maximum atomic E-state index is 14.6. The average molecular weight is 490 g/mol. The number of rotatable bonds is 9. The Morgan fingerprint density at radius 1 is 1.24 bits per heavy atom. The number of halogens is 2. The number of sulfone groups is 1. The van der Waals surface area contributed by atoms with Crippen LogP contribution in [0.25, 0.3) is 0 Å². The van der Waals surface area contributed by atoms with E-state index in [4.69, 9.17) is 9.47 Å². The van der Waals surface area contributed by atoms with E-state index < -0.39 is 32.2 Å². The fourth-order valence-electron chi connectivity index (χ4n) is 3.06. The maximum absolute atomic E-state index is 14.6. The van der Waals surface area contributed by atoms with E-state index in [0.29, 0.717) is 23.7 Å². The Balaban J connectivity index is 2.57. The molecule has 7 nitrogen and oxygen atoms in total. The van der Waals surface area contributed by atoms with Crippen LogP contribution in [0.1, 0.15) is 24.0 Å². The molecule has 158 valence electrons.